The first kappa shape index (κ1) is 11.7. The number of hydrogen-bond acceptors (Lipinski definition) is 4. The monoisotopic (exact) mass is 235 g/mol. The number of tetrazole rings is 1. The third kappa shape index (κ3) is 3.07. The molecule has 0 spiro atoms. The first-order chi connectivity index (χ1) is 8.15. The topological polar surface area (TPSA) is 55.6 Å². The summed E-state index contributed by atoms with van der Waals surface area (Å²) < 4.78 is 13.0. The van der Waals surface area contributed by atoms with Gasteiger partial charge in [0.05, 0.1) is 13.6 Å². The van der Waals surface area contributed by atoms with Gasteiger partial charge in [0, 0.05) is 6.04 Å². The van der Waals surface area contributed by atoms with Crippen LogP contribution in [0.15, 0.2) is 24.3 Å². The van der Waals surface area contributed by atoms with Gasteiger partial charge in [-0.2, -0.15) is 4.80 Å². The third-order valence-corrected chi connectivity index (χ3v) is 2.46. The second-order valence-electron chi connectivity index (χ2n) is 3.85. The van der Waals surface area contributed by atoms with Crippen molar-refractivity contribution < 1.29 is 4.39 Å². The van der Waals surface area contributed by atoms with Crippen LogP contribution in [0, 0.1) is 5.82 Å². The van der Waals surface area contributed by atoms with Gasteiger partial charge >= 0.3 is 0 Å². The lowest BCUT2D eigenvalue weighted by Crippen LogP contribution is -2.19. The van der Waals surface area contributed by atoms with Crippen LogP contribution in [0.25, 0.3) is 0 Å². The van der Waals surface area contributed by atoms with Gasteiger partial charge in [0.1, 0.15) is 5.82 Å². The molecule has 1 aromatic heterocycles. The Labute approximate surface area is 98.6 Å². The Bertz CT molecular complexity index is 496. The fraction of sp³-hybridized carbons (Fsp3) is 0.364. The van der Waals surface area contributed by atoms with Gasteiger partial charge in [-0.15, -0.1) is 10.2 Å². The zero-order chi connectivity index (χ0) is 12.3. The SMILES string of the molecule is C[C@H](NCc1nnn(C)n1)c1cccc(F)c1. The van der Waals surface area contributed by atoms with Crippen molar-refractivity contribution >= 4 is 0 Å². The standard InChI is InChI=1S/C11H14FN5/c1-8(9-4-3-5-10(12)6-9)13-7-11-14-16-17(2)15-11/h3-6,8,13H,7H2,1-2H3/t8-/m0/s1. The second-order valence-corrected chi connectivity index (χ2v) is 3.85. The average molecular weight is 235 g/mol. The van der Waals surface area contributed by atoms with E-state index in [9.17, 15) is 4.39 Å². The van der Waals surface area contributed by atoms with Crippen molar-refractivity contribution in [2.45, 2.75) is 19.5 Å². The Morgan fingerprint density at radius 1 is 1.47 bits per heavy atom. The Balaban J connectivity index is 1.95. The summed E-state index contributed by atoms with van der Waals surface area (Å²) in [4.78, 5) is 1.41. The molecule has 1 aromatic carbocycles. The van der Waals surface area contributed by atoms with E-state index in [0.717, 1.165) is 5.56 Å². The Morgan fingerprint density at radius 3 is 2.94 bits per heavy atom. The summed E-state index contributed by atoms with van der Waals surface area (Å²) in [5.74, 6) is 0.393. The van der Waals surface area contributed by atoms with Crippen LogP contribution in [0.2, 0.25) is 0 Å². The summed E-state index contributed by atoms with van der Waals surface area (Å²) >= 11 is 0. The predicted octanol–water partition coefficient (Wildman–Crippen LogP) is 1.20. The highest BCUT2D eigenvalue weighted by atomic mass is 19.1. The van der Waals surface area contributed by atoms with E-state index >= 15 is 0 Å². The normalized spacial score (nSPS) is 12.6. The summed E-state index contributed by atoms with van der Waals surface area (Å²) in [7, 11) is 1.71. The summed E-state index contributed by atoms with van der Waals surface area (Å²) in [6.45, 7) is 2.47. The van der Waals surface area contributed by atoms with Crippen LogP contribution >= 0.6 is 0 Å². The highest BCUT2D eigenvalue weighted by molar-refractivity contribution is 5.19. The van der Waals surface area contributed by atoms with E-state index in [4.69, 9.17) is 0 Å². The van der Waals surface area contributed by atoms with Gasteiger partial charge in [0.15, 0.2) is 5.82 Å². The lowest BCUT2D eigenvalue weighted by atomic mass is 10.1. The van der Waals surface area contributed by atoms with Gasteiger partial charge in [-0.1, -0.05) is 12.1 Å². The van der Waals surface area contributed by atoms with Gasteiger partial charge in [-0.05, 0) is 29.8 Å². The molecular weight excluding hydrogens is 221 g/mol. The summed E-state index contributed by atoms with van der Waals surface area (Å²) in [6.07, 6.45) is 0. The van der Waals surface area contributed by atoms with E-state index in [1.807, 2.05) is 13.0 Å². The van der Waals surface area contributed by atoms with Crippen LogP contribution in [0.3, 0.4) is 0 Å². The summed E-state index contributed by atoms with van der Waals surface area (Å²) in [5.41, 5.74) is 0.897. The molecule has 5 nitrogen and oxygen atoms in total. The number of nitrogens with zero attached hydrogens (tertiary/aromatic N) is 4. The maximum absolute atomic E-state index is 13.0. The Morgan fingerprint density at radius 2 is 2.29 bits per heavy atom. The molecule has 1 heterocycles. The third-order valence-electron chi connectivity index (χ3n) is 2.46. The maximum atomic E-state index is 13.0. The number of hydrogen-bond donors (Lipinski definition) is 1. The van der Waals surface area contributed by atoms with Crippen molar-refractivity contribution in [3.63, 3.8) is 0 Å². The van der Waals surface area contributed by atoms with Crippen LogP contribution < -0.4 is 5.32 Å². The zero-order valence-electron chi connectivity index (χ0n) is 9.76. The fourth-order valence-electron chi connectivity index (χ4n) is 1.53. The van der Waals surface area contributed by atoms with E-state index < -0.39 is 0 Å². The molecular formula is C11H14FN5. The first-order valence-electron chi connectivity index (χ1n) is 5.37. The molecule has 0 aliphatic carbocycles. The molecule has 6 heteroatoms. The molecule has 2 rings (SSSR count). The number of rotatable bonds is 4. The Hall–Kier alpha value is -1.82. The lowest BCUT2D eigenvalue weighted by Gasteiger charge is -2.12. The van der Waals surface area contributed by atoms with Gasteiger partial charge in [-0.25, -0.2) is 4.39 Å². The summed E-state index contributed by atoms with van der Waals surface area (Å²) in [5, 5.41) is 14.9. The number of nitrogens with one attached hydrogen (secondary N) is 1. The van der Waals surface area contributed by atoms with E-state index in [2.05, 4.69) is 20.7 Å². The van der Waals surface area contributed by atoms with Gasteiger partial charge in [-0.3, -0.25) is 0 Å². The molecule has 1 atom stereocenters. The quantitative estimate of drug-likeness (QED) is 0.865. The van der Waals surface area contributed by atoms with Crippen molar-refractivity contribution in [3.05, 3.63) is 41.5 Å². The van der Waals surface area contributed by atoms with E-state index in [1.54, 1.807) is 13.1 Å². The molecule has 0 fully saturated rings. The van der Waals surface area contributed by atoms with Crippen molar-refractivity contribution in [2.75, 3.05) is 0 Å². The molecule has 0 unspecified atom stereocenters. The van der Waals surface area contributed by atoms with Crippen LogP contribution in [0.4, 0.5) is 4.39 Å². The summed E-state index contributed by atoms with van der Waals surface area (Å²) in [6, 6.07) is 6.56. The number of halogens is 1. The van der Waals surface area contributed by atoms with Crippen LogP contribution in [0.1, 0.15) is 24.4 Å². The van der Waals surface area contributed by atoms with Crippen LogP contribution in [-0.4, -0.2) is 20.2 Å². The molecule has 0 radical (unpaired) electrons. The highest BCUT2D eigenvalue weighted by Gasteiger charge is 2.07. The average Bonchev–Trinajstić information content (AvgIpc) is 2.72. The van der Waals surface area contributed by atoms with Crippen molar-refractivity contribution in [2.24, 2.45) is 7.05 Å². The van der Waals surface area contributed by atoms with E-state index in [-0.39, 0.29) is 11.9 Å². The van der Waals surface area contributed by atoms with Gasteiger partial charge in [0.25, 0.3) is 0 Å². The molecule has 0 aliphatic heterocycles. The molecule has 0 saturated heterocycles. The minimum Gasteiger partial charge on any atom is -0.303 e. The van der Waals surface area contributed by atoms with Crippen molar-refractivity contribution in [1.82, 2.24) is 25.5 Å². The predicted molar refractivity (Wildman–Crippen MR) is 60.5 cm³/mol. The van der Waals surface area contributed by atoms with Crippen LogP contribution in [-0.2, 0) is 13.6 Å². The van der Waals surface area contributed by atoms with Crippen molar-refractivity contribution in [3.8, 4) is 0 Å². The van der Waals surface area contributed by atoms with Gasteiger partial charge in [0.2, 0.25) is 0 Å². The fourth-order valence-corrected chi connectivity index (χ4v) is 1.53. The smallest absolute Gasteiger partial charge is 0.188 e. The molecule has 0 amide bonds. The molecule has 1 N–H and O–H groups in total. The number of aromatic nitrogens is 4. The minimum absolute atomic E-state index is 0.0366. The molecule has 0 saturated carbocycles. The largest absolute Gasteiger partial charge is 0.303 e. The second kappa shape index (κ2) is 5.01. The highest BCUT2D eigenvalue weighted by Crippen LogP contribution is 2.13. The molecule has 0 aliphatic rings. The van der Waals surface area contributed by atoms with Crippen molar-refractivity contribution in [1.29, 1.82) is 0 Å². The molecule has 17 heavy (non-hydrogen) atoms. The van der Waals surface area contributed by atoms with E-state index in [1.165, 1.54) is 16.9 Å². The number of aryl methyl sites for hydroxylation is 1. The molecule has 0 bridgehead atoms. The molecule has 2 aromatic rings. The zero-order valence-corrected chi connectivity index (χ0v) is 9.76. The molecule has 90 valence electrons. The minimum atomic E-state index is -0.228. The first-order valence-corrected chi connectivity index (χ1v) is 5.37. The number of benzene rings is 1. The van der Waals surface area contributed by atoms with Gasteiger partial charge < -0.3 is 5.32 Å². The Kier molecular flexibility index (Phi) is 3.43. The van der Waals surface area contributed by atoms with Crippen LogP contribution in [0.5, 0.6) is 0 Å². The lowest BCUT2D eigenvalue weighted by molar-refractivity contribution is 0.549. The van der Waals surface area contributed by atoms with E-state index in [0.29, 0.717) is 12.4 Å². The maximum Gasteiger partial charge on any atom is 0.188 e.